The Morgan fingerprint density at radius 1 is 1.37 bits per heavy atom. The first-order chi connectivity index (χ1) is 9.09. The topological polar surface area (TPSA) is 67.3 Å². The highest BCUT2D eigenvalue weighted by Gasteiger charge is 2.25. The van der Waals surface area contributed by atoms with E-state index in [2.05, 4.69) is 29.1 Å². The fourth-order valence-corrected chi connectivity index (χ4v) is 2.01. The molecule has 1 aromatic heterocycles. The van der Waals surface area contributed by atoms with Crippen LogP contribution in [0.2, 0.25) is 5.15 Å². The van der Waals surface area contributed by atoms with Crippen molar-refractivity contribution in [2.75, 3.05) is 25.6 Å². The molecule has 0 aliphatic carbocycles. The zero-order chi connectivity index (χ0) is 14.3. The number of hydrogen-bond acceptors (Lipinski definition) is 5. The number of hydrogen-bond donors (Lipinski definition) is 2. The molecule has 6 heteroatoms. The molecule has 1 heterocycles. The maximum absolute atomic E-state index is 9.53. The summed E-state index contributed by atoms with van der Waals surface area (Å²) in [5.74, 6) is 1.20. The Morgan fingerprint density at radius 3 is 2.58 bits per heavy atom. The number of aliphatic hydroxyl groups excluding tert-OH is 1. The lowest BCUT2D eigenvalue weighted by molar-refractivity contribution is 0.127. The van der Waals surface area contributed by atoms with E-state index in [1.165, 1.54) is 0 Å². The van der Waals surface area contributed by atoms with E-state index in [1.54, 1.807) is 13.2 Å². The third kappa shape index (κ3) is 4.60. The van der Waals surface area contributed by atoms with Gasteiger partial charge in [0, 0.05) is 25.1 Å². The maximum atomic E-state index is 9.53. The molecule has 19 heavy (non-hydrogen) atoms. The van der Waals surface area contributed by atoms with Crippen LogP contribution in [0.15, 0.2) is 6.07 Å². The normalized spacial score (nSPS) is 11.6. The minimum atomic E-state index is -0.126. The molecule has 0 saturated carbocycles. The van der Waals surface area contributed by atoms with Gasteiger partial charge in [0.05, 0.1) is 6.61 Å². The third-order valence-corrected chi connectivity index (χ3v) is 3.69. The van der Waals surface area contributed by atoms with Gasteiger partial charge in [0.25, 0.3) is 0 Å². The highest BCUT2D eigenvalue weighted by atomic mass is 35.5. The molecule has 0 fully saturated rings. The molecule has 0 aliphatic rings. The Labute approximate surface area is 119 Å². The standard InChI is InChI=1S/C13H22ClN3O2/c1-4-13(5-2,9-18)8-15-11-6-10(14)16-12(17-11)7-19-3/h6,18H,4-5,7-9H2,1-3H3,(H,15,16,17). The number of aromatic nitrogens is 2. The Kier molecular flexibility index (Phi) is 6.48. The summed E-state index contributed by atoms with van der Waals surface area (Å²) in [5.41, 5.74) is -0.126. The van der Waals surface area contributed by atoms with Gasteiger partial charge in [-0.15, -0.1) is 0 Å². The summed E-state index contributed by atoms with van der Waals surface area (Å²) < 4.78 is 5.00. The van der Waals surface area contributed by atoms with Gasteiger partial charge in [-0.2, -0.15) is 0 Å². The van der Waals surface area contributed by atoms with Gasteiger partial charge >= 0.3 is 0 Å². The molecular weight excluding hydrogens is 266 g/mol. The zero-order valence-electron chi connectivity index (χ0n) is 11.7. The van der Waals surface area contributed by atoms with Crippen LogP contribution in [0, 0.1) is 5.41 Å². The minimum absolute atomic E-state index is 0.126. The fraction of sp³-hybridized carbons (Fsp3) is 0.692. The molecule has 2 N–H and O–H groups in total. The molecule has 5 nitrogen and oxygen atoms in total. The monoisotopic (exact) mass is 287 g/mol. The summed E-state index contributed by atoms with van der Waals surface area (Å²) in [6.45, 7) is 5.27. The van der Waals surface area contributed by atoms with Crippen molar-refractivity contribution in [1.29, 1.82) is 0 Å². The molecule has 0 bridgehead atoms. The summed E-state index contributed by atoms with van der Waals surface area (Å²) >= 11 is 5.94. The number of methoxy groups -OCH3 is 1. The van der Waals surface area contributed by atoms with Crippen molar-refractivity contribution < 1.29 is 9.84 Å². The first-order valence-electron chi connectivity index (χ1n) is 6.46. The SMILES string of the molecule is CCC(CC)(CO)CNc1cc(Cl)nc(COC)n1. The van der Waals surface area contributed by atoms with Crippen molar-refractivity contribution in [3.63, 3.8) is 0 Å². The molecule has 0 radical (unpaired) electrons. The smallest absolute Gasteiger partial charge is 0.158 e. The van der Waals surface area contributed by atoms with E-state index in [1.807, 2.05) is 0 Å². The number of aliphatic hydroxyl groups is 1. The van der Waals surface area contributed by atoms with Gasteiger partial charge < -0.3 is 15.2 Å². The second-order valence-electron chi connectivity index (χ2n) is 4.64. The zero-order valence-corrected chi connectivity index (χ0v) is 12.5. The predicted octanol–water partition coefficient (Wildman–Crippen LogP) is 2.49. The number of nitrogens with zero attached hydrogens (tertiary/aromatic N) is 2. The van der Waals surface area contributed by atoms with Crippen molar-refractivity contribution in [3.8, 4) is 0 Å². The molecule has 1 rings (SSSR count). The first-order valence-corrected chi connectivity index (χ1v) is 6.84. The Hall–Kier alpha value is -0.910. The van der Waals surface area contributed by atoms with Crippen LogP contribution in [-0.4, -0.2) is 35.3 Å². The lowest BCUT2D eigenvalue weighted by Gasteiger charge is -2.29. The third-order valence-electron chi connectivity index (χ3n) is 3.49. The molecule has 0 unspecified atom stereocenters. The molecule has 108 valence electrons. The molecule has 0 amide bonds. The van der Waals surface area contributed by atoms with Crippen molar-refractivity contribution in [1.82, 2.24) is 9.97 Å². The largest absolute Gasteiger partial charge is 0.396 e. The van der Waals surface area contributed by atoms with Gasteiger partial charge in [-0.25, -0.2) is 9.97 Å². The van der Waals surface area contributed by atoms with E-state index < -0.39 is 0 Å². The van der Waals surface area contributed by atoms with Crippen molar-refractivity contribution in [2.45, 2.75) is 33.3 Å². The van der Waals surface area contributed by atoms with E-state index in [4.69, 9.17) is 16.3 Å². The van der Waals surface area contributed by atoms with Gasteiger partial charge in [0.15, 0.2) is 5.82 Å². The van der Waals surface area contributed by atoms with Crippen LogP contribution in [0.5, 0.6) is 0 Å². The van der Waals surface area contributed by atoms with Gasteiger partial charge in [-0.1, -0.05) is 25.4 Å². The van der Waals surface area contributed by atoms with E-state index in [-0.39, 0.29) is 12.0 Å². The Morgan fingerprint density at radius 2 is 2.05 bits per heavy atom. The quantitative estimate of drug-likeness (QED) is 0.719. The molecule has 0 atom stereocenters. The average Bonchev–Trinajstić information content (AvgIpc) is 2.41. The number of nitrogens with one attached hydrogen (secondary N) is 1. The van der Waals surface area contributed by atoms with Gasteiger partial charge in [0.2, 0.25) is 0 Å². The second kappa shape index (κ2) is 7.62. The lowest BCUT2D eigenvalue weighted by atomic mass is 9.83. The van der Waals surface area contributed by atoms with Gasteiger partial charge in [-0.05, 0) is 12.8 Å². The van der Waals surface area contributed by atoms with Gasteiger partial charge in [0.1, 0.15) is 17.6 Å². The van der Waals surface area contributed by atoms with E-state index in [9.17, 15) is 5.11 Å². The molecular formula is C13H22ClN3O2. The summed E-state index contributed by atoms with van der Waals surface area (Å²) in [5, 5.41) is 13.1. The first kappa shape index (κ1) is 16.1. The van der Waals surface area contributed by atoms with E-state index in [0.29, 0.717) is 29.9 Å². The van der Waals surface area contributed by atoms with Crippen LogP contribution in [0.25, 0.3) is 0 Å². The molecule has 0 saturated heterocycles. The predicted molar refractivity (Wildman–Crippen MR) is 76.3 cm³/mol. The summed E-state index contributed by atoms with van der Waals surface area (Å²) in [4.78, 5) is 8.38. The van der Waals surface area contributed by atoms with Crippen molar-refractivity contribution >= 4 is 17.4 Å². The van der Waals surface area contributed by atoms with Crippen LogP contribution in [0.4, 0.5) is 5.82 Å². The summed E-state index contributed by atoms with van der Waals surface area (Å²) in [6.07, 6.45) is 1.80. The average molecular weight is 288 g/mol. The fourth-order valence-electron chi connectivity index (χ4n) is 1.81. The highest BCUT2D eigenvalue weighted by molar-refractivity contribution is 6.29. The number of ether oxygens (including phenoxy) is 1. The Bertz CT molecular complexity index is 389. The number of halogens is 1. The van der Waals surface area contributed by atoms with E-state index in [0.717, 1.165) is 12.8 Å². The molecule has 1 aromatic rings. The van der Waals surface area contributed by atoms with Crippen LogP contribution in [-0.2, 0) is 11.3 Å². The van der Waals surface area contributed by atoms with Crippen molar-refractivity contribution in [3.05, 3.63) is 17.0 Å². The second-order valence-corrected chi connectivity index (χ2v) is 5.03. The molecule has 0 aliphatic heterocycles. The highest BCUT2D eigenvalue weighted by Crippen LogP contribution is 2.26. The van der Waals surface area contributed by atoms with Gasteiger partial charge in [-0.3, -0.25) is 0 Å². The number of rotatable bonds is 8. The van der Waals surface area contributed by atoms with E-state index >= 15 is 0 Å². The minimum Gasteiger partial charge on any atom is -0.396 e. The van der Waals surface area contributed by atoms with Crippen LogP contribution >= 0.6 is 11.6 Å². The Balaban J connectivity index is 2.76. The van der Waals surface area contributed by atoms with Crippen LogP contribution in [0.1, 0.15) is 32.5 Å². The molecule has 0 spiro atoms. The summed E-state index contributed by atoms with van der Waals surface area (Å²) in [7, 11) is 1.59. The summed E-state index contributed by atoms with van der Waals surface area (Å²) in [6, 6.07) is 1.67. The maximum Gasteiger partial charge on any atom is 0.158 e. The van der Waals surface area contributed by atoms with Crippen LogP contribution < -0.4 is 5.32 Å². The van der Waals surface area contributed by atoms with Crippen molar-refractivity contribution in [2.24, 2.45) is 5.41 Å². The molecule has 0 aromatic carbocycles. The lowest BCUT2D eigenvalue weighted by Crippen LogP contribution is -2.32. The number of anilines is 1. The van der Waals surface area contributed by atoms with Crippen LogP contribution in [0.3, 0.4) is 0 Å².